The summed E-state index contributed by atoms with van der Waals surface area (Å²) in [6.45, 7) is 3.61. The molecule has 0 unspecified atom stereocenters. The van der Waals surface area contributed by atoms with Gasteiger partial charge in [-0.2, -0.15) is 0 Å². The Bertz CT molecular complexity index is 1550. The van der Waals surface area contributed by atoms with Gasteiger partial charge in [0, 0.05) is 22.7 Å². The van der Waals surface area contributed by atoms with E-state index < -0.39 is 24.6 Å². The van der Waals surface area contributed by atoms with Crippen LogP contribution in [0, 0.1) is 5.41 Å². The number of fused-ring (bicyclic) bond motifs is 1. The molecule has 0 saturated heterocycles. The van der Waals surface area contributed by atoms with Crippen LogP contribution in [0.3, 0.4) is 0 Å². The highest BCUT2D eigenvalue weighted by molar-refractivity contribution is 6.31. The number of rotatable bonds is 6. The minimum atomic E-state index is -1.04. The Balaban J connectivity index is 1.65. The van der Waals surface area contributed by atoms with Gasteiger partial charge in [0.25, 0.3) is 5.91 Å². The van der Waals surface area contributed by atoms with Crippen molar-refractivity contribution in [2.45, 2.75) is 39.3 Å². The zero-order valence-corrected chi connectivity index (χ0v) is 23.4. The fraction of sp³-hybridized carbons (Fsp3) is 0.258. The highest BCUT2D eigenvalue weighted by Crippen LogP contribution is 2.51. The van der Waals surface area contributed by atoms with Crippen LogP contribution < -0.4 is 20.7 Å². The largest absolute Gasteiger partial charge is 0.506 e. The van der Waals surface area contributed by atoms with E-state index >= 15 is 0 Å². The number of allylic oxidation sites excluding steroid dienone is 1. The van der Waals surface area contributed by atoms with Gasteiger partial charge in [-0.1, -0.05) is 67.9 Å². The number of para-hydroxylation sites is 1. The van der Waals surface area contributed by atoms with E-state index in [0.717, 1.165) is 5.56 Å². The van der Waals surface area contributed by atoms with Gasteiger partial charge in [-0.05, 0) is 47.2 Å². The Morgan fingerprint density at radius 2 is 1.85 bits per heavy atom. The molecule has 2 aliphatic rings. The summed E-state index contributed by atoms with van der Waals surface area (Å²) in [7, 11) is 0. The van der Waals surface area contributed by atoms with Crippen LogP contribution in [0.15, 0.2) is 78.0 Å². The van der Waals surface area contributed by atoms with E-state index in [4.69, 9.17) is 26.8 Å². The normalized spacial score (nSPS) is 17.6. The molecule has 41 heavy (non-hydrogen) atoms. The van der Waals surface area contributed by atoms with E-state index in [0.29, 0.717) is 35.6 Å². The number of nitrogens with two attached hydrogens (primary N) is 1. The smallest absolute Gasteiger partial charge is 0.415 e. The first-order valence-corrected chi connectivity index (χ1v) is 13.5. The number of ether oxygens (including phenoxy) is 2. The molecule has 2 amide bonds. The quantitative estimate of drug-likeness (QED) is 0.314. The van der Waals surface area contributed by atoms with Crippen molar-refractivity contribution in [3.05, 3.63) is 94.1 Å². The van der Waals surface area contributed by atoms with E-state index in [1.54, 1.807) is 30.3 Å². The van der Waals surface area contributed by atoms with Gasteiger partial charge in [-0.15, -0.1) is 0 Å². The fourth-order valence-corrected chi connectivity index (χ4v) is 5.57. The molecule has 0 fully saturated rings. The fourth-order valence-electron chi connectivity index (χ4n) is 5.30. The van der Waals surface area contributed by atoms with E-state index in [-0.39, 0.29) is 39.8 Å². The Labute approximate surface area is 242 Å². The van der Waals surface area contributed by atoms with Gasteiger partial charge < -0.3 is 25.6 Å². The number of phenolic OH excluding ortho intramolecular Hbond substituents is 1. The lowest BCUT2D eigenvalue weighted by molar-refractivity contribution is -0.121. The molecule has 0 aromatic heterocycles. The van der Waals surface area contributed by atoms with Crippen molar-refractivity contribution in [3.63, 3.8) is 0 Å². The predicted molar refractivity (Wildman–Crippen MR) is 155 cm³/mol. The van der Waals surface area contributed by atoms with Gasteiger partial charge >= 0.3 is 6.09 Å². The van der Waals surface area contributed by atoms with Crippen molar-refractivity contribution < 1.29 is 29.0 Å². The Morgan fingerprint density at radius 1 is 1.10 bits per heavy atom. The summed E-state index contributed by atoms with van der Waals surface area (Å²) >= 11 is 6.85. The van der Waals surface area contributed by atoms with Crippen LogP contribution >= 0.6 is 11.6 Å². The van der Waals surface area contributed by atoms with Gasteiger partial charge in [0.05, 0.1) is 11.7 Å². The first-order chi connectivity index (χ1) is 19.5. The molecule has 3 aromatic carbocycles. The molecule has 5 rings (SSSR count). The number of phenols is 1. The molecular formula is C31H30ClN3O6. The van der Waals surface area contributed by atoms with E-state index in [2.05, 4.69) is 5.32 Å². The number of primary amides is 1. The van der Waals surface area contributed by atoms with Crippen molar-refractivity contribution in [2.24, 2.45) is 11.1 Å². The SMILES string of the molecule is CC1(C)CC(=O)C2=C(C1)Nc1c(O)cccc1N(C(=O)OCC(N)=O)[C@H]2c1ccc(OCc2ccccc2)cc1Cl. The van der Waals surface area contributed by atoms with Crippen molar-refractivity contribution >= 4 is 40.8 Å². The summed E-state index contributed by atoms with van der Waals surface area (Å²) in [4.78, 5) is 40.2. The van der Waals surface area contributed by atoms with Crippen molar-refractivity contribution in [3.8, 4) is 11.5 Å². The number of nitrogens with one attached hydrogen (secondary N) is 1. The number of Topliss-reactive ketones (excluding diaryl/α,β-unsaturated/α-hetero) is 1. The molecule has 1 aliphatic carbocycles. The van der Waals surface area contributed by atoms with Gasteiger partial charge in [0.15, 0.2) is 12.4 Å². The number of aromatic hydroxyl groups is 1. The number of hydrogen-bond acceptors (Lipinski definition) is 7. The number of carbonyl (C=O) groups is 3. The Kier molecular flexibility index (Phi) is 7.64. The minimum Gasteiger partial charge on any atom is -0.506 e. The van der Waals surface area contributed by atoms with Crippen molar-refractivity contribution in [2.75, 3.05) is 16.8 Å². The standard InChI is InChI=1S/C31H30ClN3O6/c1-31(2)14-22-27(25(37)15-31)29(20-12-11-19(13-21(20)32)40-16-18-7-4-3-5-8-18)35(30(39)41-17-26(33)38)23-9-6-10-24(36)28(23)34-22/h3-13,29,34,36H,14-17H2,1-2H3,(H2,33,38)/t29-/m0/s1. The lowest BCUT2D eigenvalue weighted by atomic mass is 9.73. The lowest BCUT2D eigenvalue weighted by Crippen LogP contribution is -2.40. The Hall–Kier alpha value is -4.50. The number of halogens is 1. The molecule has 212 valence electrons. The number of ketones is 1. The summed E-state index contributed by atoms with van der Waals surface area (Å²) in [5.41, 5.74) is 7.63. The summed E-state index contributed by atoms with van der Waals surface area (Å²) in [5, 5.41) is 14.3. The van der Waals surface area contributed by atoms with E-state index in [1.165, 1.54) is 11.0 Å². The maximum absolute atomic E-state index is 13.8. The summed E-state index contributed by atoms with van der Waals surface area (Å²) in [6, 6.07) is 18.3. The summed E-state index contributed by atoms with van der Waals surface area (Å²) < 4.78 is 11.2. The second-order valence-corrected chi connectivity index (χ2v) is 11.3. The van der Waals surface area contributed by atoms with Gasteiger partial charge in [0.1, 0.15) is 23.8 Å². The van der Waals surface area contributed by atoms with E-state index in [1.807, 2.05) is 44.2 Å². The van der Waals surface area contributed by atoms with E-state index in [9.17, 15) is 19.5 Å². The van der Waals surface area contributed by atoms with Crippen LogP contribution in [0.25, 0.3) is 0 Å². The third-order valence-corrected chi connectivity index (χ3v) is 7.38. The maximum Gasteiger partial charge on any atom is 0.415 e. The highest BCUT2D eigenvalue weighted by Gasteiger charge is 2.45. The van der Waals surface area contributed by atoms with Crippen LogP contribution in [0.1, 0.15) is 43.9 Å². The van der Waals surface area contributed by atoms with Crippen LogP contribution in [0.2, 0.25) is 5.02 Å². The molecule has 9 nitrogen and oxygen atoms in total. The topological polar surface area (TPSA) is 131 Å². The third kappa shape index (κ3) is 5.85. The number of hydrogen-bond donors (Lipinski definition) is 3. The number of carbonyl (C=O) groups excluding carboxylic acids is 3. The predicted octanol–water partition coefficient (Wildman–Crippen LogP) is 5.86. The Morgan fingerprint density at radius 3 is 2.56 bits per heavy atom. The first kappa shape index (κ1) is 28.0. The lowest BCUT2D eigenvalue weighted by Gasteiger charge is -2.36. The molecule has 0 radical (unpaired) electrons. The third-order valence-electron chi connectivity index (χ3n) is 7.06. The highest BCUT2D eigenvalue weighted by atomic mass is 35.5. The minimum absolute atomic E-state index is 0.130. The first-order valence-electron chi connectivity index (χ1n) is 13.1. The maximum atomic E-state index is 13.8. The molecule has 0 spiro atoms. The zero-order valence-electron chi connectivity index (χ0n) is 22.6. The second-order valence-electron chi connectivity index (χ2n) is 10.9. The number of amides is 2. The molecule has 10 heteroatoms. The van der Waals surface area contributed by atoms with Crippen LogP contribution in [0.4, 0.5) is 16.2 Å². The molecule has 0 bridgehead atoms. The van der Waals surface area contributed by atoms with Crippen molar-refractivity contribution in [1.82, 2.24) is 0 Å². The van der Waals surface area contributed by atoms with Crippen molar-refractivity contribution in [1.29, 1.82) is 0 Å². The average Bonchev–Trinajstić information content (AvgIpc) is 3.06. The second kappa shape index (κ2) is 11.2. The molecule has 0 saturated carbocycles. The summed E-state index contributed by atoms with van der Waals surface area (Å²) in [5.74, 6) is -0.656. The van der Waals surface area contributed by atoms with Gasteiger partial charge in [-0.3, -0.25) is 14.5 Å². The number of anilines is 2. The molecule has 1 heterocycles. The van der Waals surface area contributed by atoms with Crippen LogP contribution in [-0.2, 0) is 20.9 Å². The molecule has 1 atom stereocenters. The monoisotopic (exact) mass is 575 g/mol. The van der Waals surface area contributed by atoms with Crippen LogP contribution in [-0.4, -0.2) is 29.5 Å². The van der Waals surface area contributed by atoms with Crippen LogP contribution in [0.5, 0.6) is 11.5 Å². The zero-order chi connectivity index (χ0) is 29.3. The molecule has 1 aliphatic heterocycles. The average molecular weight is 576 g/mol. The molecule has 3 aromatic rings. The number of nitrogens with zero attached hydrogens (tertiary/aromatic N) is 1. The molecular weight excluding hydrogens is 546 g/mol. The van der Waals surface area contributed by atoms with Gasteiger partial charge in [-0.25, -0.2) is 4.79 Å². The summed E-state index contributed by atoms with van der Waals surface area (Å²) in [6.07, 6.45) is -0.237. The molecule has 4 N–H and O–H groups in total. The van der Waals surface area contributed by atoms with Gasteiger partial charge in [0.2, 0.25) is 0 Å². The number of benzene rings is 3.